The van der Waals surface area contributed by atoms with Crippen molar-refractivity contribution in [1.29, 1.82) is 0 Å². The highest BCUT2D eigenvalue weighted by Crippen LogP contribution is 2.35. The Labute approximate surface area is 353 Å². The zero-order chi connectivity index (χ0) is 43.7. The van der Waals surface area contributed by atoms with Gasteiger partial charge in [0, 0.05) is 115 Å². The maximum Gasteiger partial charge on any atom is 0.500 e. The van der Waals surface area contributed by atoms with Gasteiger partial charge in [-0.2, -0.15) is 0 Å². The van der Waals surface area contributed by atoms with E-state index < -0.39 is 51.4 Å². The number of hydrogen-bond acceptors (Lipinski definition) is 14. The van der Waals surface area contributed by atoms with Gasteiger partial charge in [0.05, 0.1) is 22.6 Å². The van der Waals surface area contributed by atoms with Crippen molar-refractivity contribution < 1.29 is 62.7 Å². The summed E-state index contributed by atoms with van der Waals surface area (Å²) >= 11 is 0. The van der Waals surface area contributed by atoms with E-state index in [1.807, 2.05) is 0 Å². The van der Waals surface area contributed by atoms with Crippen molar-refractivity contribution in [2.24, 2.45) is 5.92 Å². The summed E-state index contributed by atoms with van der Waals surface area (Å²) in [6.45, 7) is 6.47. The van der Waals surface area contributed by atoms with Gasteiger partial charge < -0.3 is 53.1 Å². The van der Waals surface area contributed by atoms with Crippen LogP contribution in [0, 0.1) is 5.92 Å². The first-order valence-corrected chi connectivity index (χ1v) is 34.6. The van der Waals surface area contributed by atoms with E-state index >= 15 is 0 Å². The van der Waals surface area contributed by atoms with E-state index in [0.29, 0.717) is 0 Å². The summed E-state index contributed by atoms with van der Waals surface area (Å²) in [7, 11) is 5.55. The Morgan fingerprint density at radius 1 is 0.368 bits per heavy atom. The van der Waals surface area contributed by atoms with Crippen molar-refractivity contribution in [3.8, 4) is 0 Å². The van der Waals surface area contributed by atoms with Gasteiger partial charge in [0.2, 0.25) is 0 Å². The van der Waals surface area contributed by atoms with E-state index in [2.05, 4.69) is 13.1 Å². The lowest BCUT2D eigenvalue weighted by atomic mass is 9.91. The van der Waals surface area contributed by atoms with Crippen molar-refractivity contribution in [2.45, 2.75) is 138 Å². The molecule has 0 aliphatic heterocycles. The molecule has 0 rings (SSSR count). The average molecular weight is 922 g/mol. The van der Waals surface area contributed by atoms with Crippen LogP contribution in [0.15, 0.2) is 0 Å². The van der Waals surface area contributed by atoms with Gasteiger partial charge >= 0.3 is 35.2 Å². The molecule has 0 aliphatic rings. The van der Waals surface area contributed by atoms with Crippen LogP contribution >= 0.6 is 0 Å². The minimum Gasteiger partial charge on any atom is -0.377 e. The summed E-state index contributed by atoms with van der Waals surface area (Å²) in [6, 6.07) is 9.56. The molecule has 0 amide bonds. The number of rotatable bonds is 39. The van der Waals surface area contributed by atoms with Gasteiger partial charge in [0.1, 0.15) is 11.6 Å². The van der Waals surface area contributed by atoms with Crippen molar-refractivity contribution in [3.63, 3.8) is 0 Å². The molecule has 0 aromatic rings. The first-order valence-electron chi connectivity index (χ1n) is 20.6. The number of ketones is 2. The Morgan fingerprint density at radius 2 is 0.579 bits per heavy atom. The third kappa shape index (κ3) is 20.3. The Balaban J connectivity index is 6.07. The van der Waals surface area contributed by atoms with Crippen LogP contribution in [-0.2, 0) is 62.7 Å². The number of carbonyl (C=O) groups excluding carboxylic acids is 2. The third-order valence-electron chi connectivity index (χ3n) is 12.3. The van der Waals surface area contributed by atoms with Crippen molar-refractivity contribution in [3.05, 3.63) is 0 Å². The minimum absolute atomic E-state index is 0.000877. The molecule has 0 saturated heterocycles. The van der Waals surface area contributed by atoms with Crippen LogP contribution < -0.4 is 0 Å². The number of carbonyl (C=O) groups is 2. The molecule has 0 unspecified atom stereocenters. The molecule has 0 saturated carbocycles. The second-order valence-electron chi connectivity index (χ2n) is 16.0. The molecule has 0 spiro atoms. The van der Waals surface area contributed by atoms with Crippen molar-refractivity contribution >= 4 is 62.9 Å². The summed E-state index contributed by atoms with van der Waals surface area (Å²) in [6.07, 6.45) is 7.29. The van der Waals surface area contributed by atoms with Gasteiger partial charge in [-0.3, -0.25) is 9.59 Å². The number of Topliss-reactive ketones (excluding diaryl/α,β-unsaturated/α-hetero) is 2. The monoisotopic (exact) mass is 920 g/mol. The highest BCUT2D eigenvalue weighted by atomic mass is 28.4. The molecule has 0 radical (unpaired) electrons. The molecule has 340 valence electrons. The molecule has 0 N–H and O–H groups in total. The Bertz CT molecular complexity index is 924. The minimum atomic E-state index is -2.69. The van der Waals surface area contributed by atoms with E-state index in [1.54, 1.807) is 85.3 Å². The first kappa shape index (κ1) is 57.2. The quantitative estimate of drug-likeness (QED) is 0.0435. The Hall–Kier alpha value is 0.161. The summed E-state index contributed by atoms with van der Waals surface area (Å²) < 4.78 is 68.8. The van der Waals surface area contributed by atoms with Crippen LogP contribution in [0.3, 0.4) is 0 Å². The van der Waals surface area contributed by atoms with Crippen molar-refractivity contribution in [2.75, 3.05) is 85.3 Å². The van der Waals surface area contributed by atoms with Crippen LogP contribution in [0.1, 0.15) is 64.7 Å². The molecule has 0 bridgehead atoms. The lowest BCUT2D eigenvalue weighted by Crippen LogP contribution is -2.44. The average Bonchev–Trinajstić information content (AvgIpc) is 3.21. The predicted molar refractivity (Wildman–Crippen MR) is 239 cm³/mol. The Kier molecular flexibility index (Phi) is 29.5. The van der Waals surface area contributed by atoms with E-state index in [9.17, 15) is 9.59 Å². The molecule has 0 fully saturated rings. The first-order chi connectivity index (χ1) is 27.0. The highest BCUT2D eigenvalue weighted by molar-refractivity contribution is 6.79. The van der Waals surface area contributed by atoms with Gasteiger partial charge in [-0.05, 0) is 19.8 Å². The maximum absolute atomic E-state index is 13.6. The van der Waals surface area contributed by atoms with Crippen LogP contribution in [0.2, 0.25) is 73.5 Å². The standard InChI is InChI=1S/C37H84O14Si6/c1-35(38)34-37(39)36(22-16-24-52(14,26-18-30-54(40-2,41-3)42-4)27-19-31-55(43-5,44-6)45-7)23-17-25-53(15,28-20-32-56(46-8,47-9)48-10)29-21-33-57(49-11,50-12)51-13/h36H,16-34H2,1-15H3. The van der Waals surface area contributed by atoms with Crippen LogP contribution in [0.5, 0.6) is 0 Å². The smallest absolute Gasteiger partial charge is 0.377 e. The van der Waals surface area contributed by atoms with E-state index in [4.69, 9.17) is 53.1 Å². The lowest BCUT2D eigenvalue weighted by molar-refractivity contribution is -0.128. The molecular weight excluding hydrogens is 837 g/mol. The predicted octanol–water partition coefficient (Wildman–Crippen LogP) is 7.94. The van der Waals surface area contributed by atoms with Gasteiger partial charge in [0.15, 0.2) is 0 Å². The summed E-state index contributed by atoms with van der Waals surface area (Å²) in [5.41, 5.74) is 0. The molecule has 0 aromatic heterocycles. The highest BCUT2D eigenvalue weighted by Gasteiger charge is 2.42. The summed E-state index contributed by atoms with van der Waals surface area (Å²) in [4.78, 5) is 25.8. The molecule has 0 atom stereocenters. The van der Waals surface area contributed by atoms with Gasteiger partial charge in [-0.1, -0.05) is 87.9 Å². The maximum atomic E-state index is 13.6. The topological polar surface area (TPSA) is 145 Å². The van der Waals surface area contributed by atoms with Gasteiger partial charge in [0.25, 0.3) is 0 Å². The van der Waals surface area contributed by atoms with E-state index in [0.717, 1.165) is 112 Å². The fourth-order valence-electron chi connectivity index (χ4n) is 8.31. The summed E-state index contributed by atoms with van der Waals surface area (Å²) in [5, 5.41) is 0. The van der Waals surface area contributed by atoms with Gasteiger partial charge in [-0.25, -0.2) is 0 Å². The second kappa shape index (κ2) is 29.5. The summed E-state index contributed by atoms with van der Waals surface area (Å²) in [5.74, 6) is -0.132. The van der Waals surface area contributed by atoms with Crippen LogP contribution in [0.4, 0.5) is 0 Å². The molecule has 0 aliphatic carbocycles. The lowest BCUT2D eigenvalue weighted by Gasteiger charge is -2.32. The molecule has 57 heavy (non-hydrogen) atoms. The molecular formula is C37H84O14Si6. The molecule has 20 heteroatoms. The SMILES string of the molecule is CO[Si](CCC[Si](C)(CCCC(CCC[Si](C)(CCC[Si](OC)(OC)OC)CCC[Si](OC)(OC)OC)C(=O)CC(C)=O)CCC[Si](OC)(OC)OC)(OC)OC. The molecule has 0 aromatic carbocycles. The van der Waals surface area contributed by atoms with Crippen LogP contribution in [-0.4, -0.2) is 148 Å². The zero-order valence-electron chi connectivity index (χ0n) is 38.7. The van der Waals surface area contributed by atoms with Crippen molar-refractivity contribution in [1.82, 2.24) is 0 Å². The fraction of sp³-hybridized carbons (Fsp3) is 0.946. The van der Waals surface area contributed by atoms with E-state index in [1.165, 1.54) is 6.92 Å². The van der Waals surface area contributed by atoms with Gasteiger partial charge in [-0.15, -0.1) is 0 Å². The second-order valence-corrected chi connectivity index (χ2v) is 38.6. The normalized spacial score (nSPS) is 13.5. The third-order valence-corrected chi connectivity index (χ3v) is 33.0. The zero-order valence-corrected chi connectivity index (χ0v) is 44.7. The fourth-order valence-corrected chi connectivity index (χ4v) is 24.3. The Morgan fingerprint density at radius 3 is 0.772 bits per heavy atom. The number of hydrogen-bond donors (Lipinski definition) is 0. The van der Waals surface area contributed by atoms with Crippen LogP contribution in [0.25, 0.3) is 0 Å². The molecule has 14 nitrogen and oxygen atoms in total. The van der Waals surface area contributed by atoms with E-state index in [-0.39, 0.29) is 23.9 Å². The largest absolute Gasteiger partial charge is 0.500 e. The molecule has 0 heterocycles.